The van der Waals surface area contributed by atoms with Gasteiger partial charge in [0, 0.05) is 13.1 Å². The lowest BCUT2D eigenvalue weighted by Crippen LogP contribution is -2.32. The average Bonchev–Trinajstić information content (AvgIpc) is 2.44. The fourth-order valence-electron chi connectivity index (χ4n) is 2.10. The summed E-state index contributed by atoms with van der Waals surface area (Å²) in [6.07, 6.45) is -0.553. The molecule has 0 heterocycles. The Kier molecular flexibility index (Phi) is 8.22. The molecule has 0 saturated carbocycles. The van der Waals surface area contributed by atoms with Crippen molar-refractivity contribution in [2.45, 2.75) is 39.2 Å². The summed E-state index contributed by atoms with van der Waals surface area (Å²) in [5.74, 6) is 0.249. The molecule has 0 aromatic heterocycles. The van der Waals surface area contributed by atoms with Crippen LogP contribution in [0.5, 0.6) is 11.5 Å². The first-order chi connectivity index (χ1) is 10.8. The van der Waals surface area contributed by atoms with Gasteiger partial charge in [-0.05, 0) is 38.6 Å². The molecule has 1 unspecified atom stereocenters. The summed E-state index contributed by atoms with van der Waals surface area (Å²) in [5, 5.41) is 9.89. The van der Waals surface area contributed by atoms with E-state index in [4.69, 9.17) is 9.47 Å². The fraction of sp³-hybridized carbons (Fsp3) is 0.625. The summed E-state index contributed by atoms with van der Waals surface area (Å²) in [7, 11) is 3.22. The van der Waals surface area contributed by atoms with Crippen LogP contribution in [0.15, 0.2) is 18.2 Å². The molecule has 1 aromatic carbocycles. The van der Waals surface area contributed by atoms with Crippen LogP contribution in [-0.4, -0.2) is 56.1 Å². The molecular weight excluding hydrogens is 308 g/mol. The van der Waals surface area contributed by atoms with Crippen molar-refractivity contribution < 1.29 is 28.1 Å². The largest absolute Gasteiger partial charge is 0.493 e. The van der Waals surface area contributed by atoms with Gasteiger partial charge in [0.2, 0.25) is 0 Å². The zero-order chi connectivity index (χ0) is 17.4. The summed E-state index contributed by atoms with van der Waals surface area (Å²) in [6, 6.07) is 4.86. The maximum atomic E-state index is 12.4. The maximum absolute atomic E-state index is 12.4. The van der Waals surface area contributed by atoms with Gasteiger partial charge in [-0.15, -0.1) is 0 Å². The second-order valence-electron chi connectivity index (χ2n) is 5.60. The van der Waals surface area contributed by atoms with Gasteiger partial charge < -0.3 is 19.3 Å². The Labute approximate surface area is 135 Å². The molecule has 0 aliphatic heterocycles. The Bertz CT molecular complexity index is 471. The van der Waals surface area contributed by atoms with Crippen LogP contribution in [0.3, 0.4) is 0 Å². The first-order valence-corrected chi connectivity index (χ1v) is 7.41. The van der Waals surface area contributed by atoms with Crippen molar-refractivity contribution in [3.05, 3.63) is 23.8 Å². The minimum Gasteiger partial charge on any atom is -0.493 e. The van der Waals surface area contributed by atoms with E-state index in [2.05, 4.69) is 4.74 Å². The van der Waals surface area contributed by atoms with Crippen LogP contribution in [-0.2, 0) is 11.3 Å². The van der Waals surface area contributed by atoms with Crippen molar-refractivity contribution in [2.75, 3.05) is 27.3 Å². The number of halogens is 2. The van der Waals surface area contributed by atoms with Crippen LogP contribution in [0.25, 0.3) is 0 Å². The van der Waals surface area contributed by atoms with E-state index < -0.39 is 12.7 Å². The Morgan fingerprint density at radius 3 is 2.48 bits per heavy atom. The van der Waals surface area contributed by atoms with E-state index in [1.165, 1.54) is 13.2 Å². The summed E-state index contributed by atoms with van der Waals surface area (Å²) < 4.78 is 39.6. The van der Waals surface area contributed by atoms with Gasteiger partial charge in [-0.2, -0.15) is 8.78 Å². The molecular formula is C16H25F2NO4. The van der Waals surface area contributed by atoms with Gasteiger partial charge in [0.25, 0.3) is 0 Å². The predicted octanol–water partition coefficient (Wildman–Crippen LogP) is 2.51. The van der Waals surface area contributed by atoms with E-state index in [-0.39, 0.29) is 24.2 Å². The third kappa shape index (κ3) is 7.58. The monoisotopic (exact) mass is 333 g/mol. The topological polar surface area (TPSA) is 51.2 Å². The van der Waals surface area contributed by atoms with Crippen LogP contribution in [0.2, 0.25) is 0 Å². The van der Waals surface area contributed by atoms with Crippen molar-refractivity contribution in [3.8, 4) is 11.5 Å². The van der Waals surface area contributed by atoms with Crippen LogP contribution >= 0.6 is 0 Å². The number of hydrogen-bond acceptors (Lipinski definition) is 5. The molecule has 1 aromatic rings. The van der Waals surface area contributed by atoms with E-state index in [1.54, 1.807) is 12.1 Å². The lowest BCUT2D eigenvalue weighted by atomic mass is 10.2. The predicted molar refractivity (Wildman–Crippen MR) is 83.1 cm³/mol. The minimum absolute atomic E-state index is 0.00269. The number of benzene rings is 1. The highest BCUT2D eigenvalue weighted by atomic mass is 19.3. The highest BCUT2D eigenvalue weighted by Crippen LogP contribution is 2.29. The lowest BCUT2D eigenvalue weighted by molar-refractivity contribution is -0.0512. The molecule has 1 atom stereocenters. The molecule has 0 fully saturated rings. The molecule has 0 spiro atoms. The Morgan fingerprint density at radius 1 is 1.22 bits per heavy atom. The molecule has 0 aliphatic rings. The van der Waals surface area contributed by atoms with Crippen molar-refractivity contribution in [1.29, 1.82) is 0 Å². The SMILES string of the molecule is COc1ccc(CN(C)CC(O)COC(C)C)cc1OC(F)F. The Hall–Kier alpha value is -1.44. The normalized spacial score (nSPS) is 13.0. The smallest absolute Gasteiger partial charge is 0.387 e. The standard InChI is InChI=1S/C16H25F2NO4/c1-11(2)22-10-13(20)9-19(3)8-12-5-6-14(21-4)15(7-12)23-16(17)18/h5-7,11,13,16,20H,8-10H2,1-4H3. The molecule has 0 aliphatic carbocycles. The number of aliphatic hydroxyl groups excluding tert-OH is 1. The summed E-state index contributed by atoms with van der Waals surface area (Å²) >= 11 is 0. The number of nitrogens with zero attached hydrogens (tertiary/aromatic N) is 1. The number of likely N-dealkylation sites (N-methyl/N-ethyl adjacent to an activating group) is 1. The second-order valence-corrected chi connectivity index (χ2v) is 5.60. The summed E-state index contributed by atoms with van der Waals surface area (Å²) in [6.45, 7) is 2.03. The Balaban J connectivity index is 2.61. The van der Waals surface area contributed by atoms with Gasteiger partial charge in [0.15, 0.2) is 11.5 Å². The average molecular weight is 333 g/mol. The van der Waals surface area contributed by atoms with Gasteiger partial charge in [-0.1, -0.05) is 6.07 Å². The molecule has 23 heavy (non-hydrogen) atoms. The van der Waals surface area contributed by atoms with Crippen LogP contribution in [0.1, 0.15) is 19.4 Å². The van der Waals surface area contributed by atoms with E-state index in [0.717, 1.165) is 5.56 Å². The number of alkyl halides is 2. The quantitative estimate of drug-likeness (QED) is 0.713. The van der Waals surface area contributed by atoms with Crippen molar-refractivity contribution in [1.82, 2.24) is 4.90 Å². The first-order valence-electron chi connectivity index (χ1n) is 7.41. The van der Waals surface area contributed by atoms with E-state index in [1.807, 2.05) is 25.8 Å². The highest BCUT2D eigenvalue weighted by Gasteiger charge is 2.14. The molecule has 7 heteroatoms. The third-order valence-electron chi connectivity index (χ3n) is 3.04. The minimum atomic E-state index is -2.91. The number of aliphatic hydroxyl groups is 1. The first kappa shape index (κ1) is 19.6. The number of hydrogen-bond donors (Lipinski definition) is 1. The van der Waals surface area contributed by atoms with Crippen LogP contribution in [0.4, 0.5) is 8.78 Å². The van der Waals surface area contributed by atoms with E-state index in [9.17, 15) is 13.9 Å². The van der Waals surface area contributed by atoms with Crippen LogP contribution < -0.4 is 9.47 Å². The third-order valence-corrected chi connectivity index (χ3v) is 3.04. The molecule has 1 N–H and O–H groups in total. The fourth-order valence-corrected chi connectivity index (χ4v) is 2.10. The zero-order valence-corrected chi connectivity index (χ0v) is 14.0. The number of rotatable bonds is 10. The molecule has 0 saturated heterocycles. The zero-order valence-electron chi connectivity index (χ0n) is 14.0. The number of methoxy groups -OCH3 is 1. The lowest BCUT2D eigenvalue weighted by Gasteiger charge is -2.22. The Morgan fingerprint density at radius 2 is 1.91 bits per heavy atom. The molecule has 5 nitrogen and oxygen atoms in total. The second kappa shape index (κ2) is 9.64. The van der Waals surface area contributed by atoms with Gasteiger partial charge in [0.05, 0.1) is 25.9 Å². The number of ether oxygens (including phenoxy) is 3. The van der Waals surface area contributed by atoms with Gasteiger partial charge in [0.1, 0.15) is 0 Å². The van der Waals surface area contributed by atoms with Gasteiger partial charge in [-0.3, -0.25) is 4.90 Å². The van der Waals surface area contributed by atoms with Crippen molar-refractivity contribution in [2.24, 2.45) is 0 Å². The summed E-state index contributed by atoms with van der Waals surface area (Å²) in [4.78, 5) is 1.88. The molecule has 132 valence electrons. The molecule has 0 radical (unpaired) electrons. The molecule has 0 amide bonds. The van der Waals surface area contributed by atoms with Crippen LogP contribution in [0, 0.1) is 0 Å². The van der Waals surface area contributed by atoms with Crippen molar-refractivity contribution in [3.63, 3.8) is 0 Å². The highest BCUT2D eigenvalue weighted by molar-refractivity contribution is 5.43. The van der Waals surface area contributed by atoms with Gasteiger partial charge in [-0.25, -0.2) is 0 Å². The van der Waals surface area contributed by atoms with E-state index >= 15 is 0 Å². The van der Waals surface area contributed by atoms with Gasteiger partial charge >= 0.3 is 6.61 Å². The van der Waals surface area contributed by atoms with E-state index in [0.29, 0.717) is 13.1 Å². The maximum Gasteiger partial charge on any atom is 0.387 e. The molecule has 1 rings (SSSR count). The molecule has 0 bridgehead atoms. The van der Waals surface area contributed by atoms with Crippen molar-refractivity contribution >= 4 is 0 Å². The summed E-state index contributed by atoms with van der Waals surface area (Å²) in [5.41, 5.74) is 0.779.